The Balaban J connectivity index is 1.93. The summed E-state index contributed by atoms with van der Waals surface area (Å²) >= 11 is 0. The third-order valence-corrected chi connectivity index (χ3v) is 3.84. The second-order valence-electron chi connectivity index (χ2n) is 5.29. The largest absolute Gasteiger partial charge is 0.394 e. The summed E-state index contributed by atoms with van der Waals surface area (Å²) in [4.78, 5) is 12.7. The van der Waals surface area contributed by atoms with Gasteiger partial charge in [0.25, 0.3) is 0 Å². The highest BCUT2D eigenvalue weighted by atomic mass is 19.4. The van der Waals surface area contributed by atoms with Crippen molar-refractivity contribution in [2.75, 3.05) is 18.0 Å². The Hall–Kier alpha value is -2.65. The van der Waals surface area contributed by atoms with E-state index in [1.165, 1.54) is 9.58 Å². The molecule has 1 aliphatic rings. The van der Waals surface area contributed by atoms with E-state index in [0.717, 1.165) is 0 Å². The van der Waals surface area contributed by atoms with Gasteiger partial charge in [-0.2, -0.15) is 17.9 Å². The van der Waals surface area contributed by atoms with Gasteiger partial charge in [0.1, 0.15) is 0 Å². The van der Waals surface area contributed by atoms with Crippen LogP contribution in [0.25, 0.3) is 5.69 Å². The molecule has 0 bridgehead atoms. The summed E-state index contributed by atoms with van der Waals surface area (Å²) in [7, 11) is 0. The van der Waals surface area contributed by atoms with Gasteiger partial charge in [-0.3, -0.25) is 4.79 Å². The molecule has 2 atom stereocenters. The summed E-state index contributed by atoms with van der Waals surface area (Å²) in [5, 5.41) is 11.1. The maximum atomic E-state index is 13.1. The lowest BCUT2D eigenvalue weighted by molar-refractivity contribution is -0.181. The van der Waals surface area contributed by atoms with E-state index in [4.69, 9.17) is 5.73 Å². The van der Waals surface area contributed by atoms with Gasteiger partial charge < -0.3 is 10.6 Å². The van der Waals surface area contributed by atoms with Gasteiger partial charge in [-0.05, 0) is 22.6 Å². The van der Waals surface area contributed by atoms with Crippen LogP contribution < -0.4 is 10.6 Å². The number of halogens is 3. The number of anilines is 1. The molecule has 122 valence electrons. The molecule has 0 spiro atoms. The van der Waals surface area contributed by atoms with Crippen LogP contribution in [0.1, 0.15) is 0 Å². The molecular weight excluding hydrogens is 313 g/mol. The maximum Gasteiger partial charge on any atom is 0.394 e. The number of tetrazole rings is 1. The van der Waals surface area contributed by atoms with Crippen LogP contribution in [0.5, 0.6) is 0 Å². The topological polar surface area (TPSA) is 89.9 Å². The van der Waals surface area contributed by atoms with Gasteiger partial charge >= 0.3 is 6.18 Å². The molecule has 1 fully saturated rings. The second kappa shape index (κ2) is 5.52. The Morgan fingerprint density at radius 3 is 2.48 bits per heavy atom. The zero-order valence-electron chi connectivity index (χ0n) is 11.8. The van der Waals surface area contributed by atoms with E-state index in [0.29, 0.717) is 5.69 Å². The molecule has 2 N–H and O–H groups in total. The van der Waals surface area contributed by atoms with E-state index in [1.807, 2.05) is 0 Å². The van der Waals surface area contributed by atoms with Gasteiger partial charge in [0.05, 0.1) is 17.5 Å². The zero-order chi connectivity index (χ0) is 16.6. The van der Waals surface area contributed by atoms with Gasteiger partial charge in [-0.1, -0.05) is 23.3 Å². The standard InChI is InChI=1S/C13H13F3N6O/c14-13(15,16)10-7-21(6-9(10)11(17)23)12-18-19-20-22(12)8-4-2-1-3-5-8/h1-5,9-10H,6-7H2,(H2,17,23)/t9-,10-/m1/s1. The summed E-state index contributed by atoms with van der Waals surface area (Å²) in [6, 6.07) is 8.77. The number of nitrogens with zero attached hydrogens (tertiary/aromatic N) is 5. The van der Waals surface area contributed by atoms with Crippen molar-refractivity contribution < 1.29 is 18.0 Å². The number of carbonyl (C=O) groups excluding carboxylic acids is 1. The Labute approximate surface area is 128 Å². The maximum absolute atomic E-state index is 13.1. The van der Waals surface area contributed by atoms with E-state index in [1.54, 1.807) is 30.3 Å². The van der Waals surface area contributed by atoms with Gasteiger partial charge in [0, 0.05) is 13.1 Å². The molecule has 1 saturated heterocycles. The summed E-state index contributed by atoms with van der Waals surface area (Å²) in [6.45, 7) is -0.586. The molecule has 1 aromatic carbocycles. The van der Waals surface area contributed by atoms with E-state index in [2.05, 4.69) is 15.5 Å². The number of aromatic nitrogens is 4. The molecule has 1 aromatic heterocycles. The van der Waals surface area contributed by atoms with Gasteiger partial charge in [-0.15, -0.1) is 0 Å². The zero-order valence-corrected chi connectivity index (χ0v) is 11.8. The quantitative estimate of drug-likeness (QED) is 0.899. The van der Waals surface area contributed by atoms with Crippen LogP contribution in [0.2, 0.25) is 0 Å². The number of para-hydroxylation sites is 1. The molecule has 10 heteroatoms. The van der Waals surface area contributed by atoms with E-state index < -0.39 is 30.5 Å². The molecule has 3 rings (SSSR count). The fraction of sp³-hybridized carbons (Fsp3) is 0.385. The summed E-state index contributed by atoms with van der Waals surface area (Å²) in [5.41, 5.74) is 5.74. The van der Waals surface area contributed by atoms with Crippen molar-refractivity contribution in [2.24, 2.45) is 17.6 Å². The highest BCUT2D eigenvalue weighted by Gasteiger charge is 2.52. The number of benzene rings is 1. The smallest absolute Gasteiger partial charge is 0.369 e. The van der Waals surface area contributed by atoms with Crippen LogP contribution in [0, 0.1) is 11.8 Å². The monoisotopic (exact) mass is 326 g/mol. The molecule has 1 amide bonds. The molecule has 1 aliphatic heterocycles. The first-order chi connectivity index (χ1) is 10.9. The van der Waals surface area contributed by atoms with E-state index in [9.17, 15) is 18.0 Å². The van der Waals surface area contributed by atoms with Crippen molar-refractivity contribution in [3.63, 3.8) is 0 Å². The first-order valence-corrected chi connectivity index (χ1v) is 6.82. The third kappa shape index (κ3) is 2.83. The fourth-order valence-electron chi connectivity index (χ4n) is 2.70. The molecule has 7 nitrogen and oxygen atoms in total. The van der Waals surface area contributed by atoms with Crippen molar-refractivity contribution in [1.29, 1.82) is 0 Å². The summed E-state index contributed by atoms with van der Waals surface area (Å²) in [6.07, 6.45) is -4.51. The molecule has 2 heterocycles. The summed E-state index contributed by atoms with van der Waals surface area (Å²) < 4.78 is 40.7. The first kappa shape index (κ1) is 15.3. The summed E-state index contributed by atoms with van der Waals surface area (Å²) in [5.74, 6) is -3.99. The molecule has 0 unspecified atom stereocenters. The van der Waals surface area contributed by atoms with Gasteiger partial charge in [-0.25, -0.2) is 0 Å². The number of carbonyl (C=O) groups is 1. The lowest BCUT2D eigenvalue weighted by Crippen LogP contribution is -2.37. The van der Waals surface area contributed by atoms with E-state index >= 15 is 0 Å². The number of nitrogens with two attached hydrogens (primary N) is 1. The lowest BCUT2D eigenvalue weighted by atomic mass is 9.95. The predicted molar refractivity (Wildman–Crippen MR) is 73.6 cm³/mol. The van der Waals surface area contributed by atoms with Crippen LogP contribution in [-0.2, 0) is 4.79 Å². The minimum atomic E-state index is -4.51. The average molecular weight is 326 g/mol. The molecular formula is C13H13F3N6O. The minimum absolute atomic E-state index is 0.147. The van der Waals surface area contributed by atoms with Crippen molar-refractivity contribution in [3.8, 4) is 5.69 Å². The number of rotatable bonds is 3. The van der Waals surface area contributed by atoms with Crippen LogP contribution in [-0.4, -0.2) is 45.4 Å². The van der Waals surface area contributed by atoms with Gasteiger partial charge in [0.15, 0.2) is 0 Å². The number of alkyl halides is 3. The van der Waals surface area contributed by atoms with Crippen LogP contribution in [0.4, 0.5) is 19.1 Å². The molecule has 0 saturated carbocycles. The van der Waals surface area contributed by atoms with Crippen molar-refractivity contribution in [1.82, 2.24) is 20.2 Å². The highest BCUT2D eigenvalue weighted by molar-refractivity contribution is 5.78. The first-order valence-electron chi connectivity index (χ1n) is 6.82. The third-order valence-electron chi connectivity index (χ3n) is 3.84. The number of primary amides is 1. The number of hydrogen-bond acceptors (Lipinski definition) is 5. The van der Waals surface area contributed by atoms with E-state index in [-0.39, 0.29) is 12.5 Å². The van der Waals surface area contributed by atoms with Crippen LogP contribution >= 0.6 is 0 Å². The Morgan fingerprint density at radius 2 is 1.91 bits per heavy atom. The average Bonchev–Trinajstić information content (AvgIpc) is 3.14. The highest BCUT2D eigenvalue weighted by Crippen LogP contribution is 2.38. The molecule has 23 heavy (non-hydrogen) atoms. The van der Waals surface area contributed by atoms with Crippen molar-refractivity contribution >= 4 is 11.9 Å². The Morgan fingerprint density at radius 1 is 1.22 bits per heavy atom. The second-order valence-corrected chi connectivity index (χ2v) is 5.29. The van der Waals surface area contributed by atoms with Crippen LogP contribution in [0.3, 0.4) is 0 Å². The van der Waals surface area contributed by atoms with Crippen molar-refractivity contribution in [3.05, 3.63) is 30.3 Å². The van der Waals surface area contributed by atoms with Crippen molar-refractivity contribution in [2.45, 2.75) is 6.18 Å². The predicted octanol–water partition coefficient (Wildman–Crippen LogP) is 0.762. The Kier molecular flexibility index (Phi) is 3.66. The Bertz CT molecular complexity index is 701. The van der Waals surface area contributed by atoms with Gasteiger partial charge in [0.2, 0.25) is 11.9 Å². The minimum Gasteiger partial charge on any atom is -0.369 e. The number of amides is 1. The molecule has 2 aromatic rings. The van der Waals surface area contributed by atoms with Crippen LogP contribution in [0.15, 0.2) is 30.3 Å². The number of hydrogen-bond donors (Lipinski definition) is 1. The normalized spacial score (nSPS) is 21.6. The molecule has 0 radical (unpaired) electrons. The lowest BCUT2D eigenvalue weighted by Gasteiger charge is -2.18. The SMILES string of the molecule is NC(=O)[C@@H]1CN(c2nnnn2-c2ccccc2)C[C@H]1C(F)(F)F. The molecule has 0 aliphatic carbocycles. The fourth-order valence-corrected chi connectivity index (χ4v) is 2.70.